The van der Waals surface area contributed by atoms with Crippen molar-refractivity contribution < 1.29 is 25.2 Å². The van der Waals surface area contributed by atoms with E-state index < -0.39 is 33.9 Å². The number of aromatic hydroxyl groups is 4. The van der Waals surface area contributed by atoms with E-state index in [0.717, 1.165) is 6.07 Å². The summed E-state index contributed by atoms with van der Waals surface area (Å²) < 4.78 is 0. The van der Waals surface area contributed by atoms with Crippen LogP contribution in [0.2, 0.25) is 0 Å². The first-order valence-corrected chi connectivity index (χ1v) is 8.41. The summed E-state index contributed by atoms with van der Waals surface area (Å²) in [5, 5.41) is 39.9. The average molecular weight is 358 g/mol. The van der Waals surface area contributed by atoms with Crippen molar-refractivity contribution >= 4 is 5.78 Å². The summed E-state index contributed by atoms with van der Waals surface area (Å²) in [7, 11) is 0. The van der Waals surface area contributed by atoms with Crippen molar-refractivity contribution in [3.63, 3.8) is 0 Å². The van der Waals surface area contributed by atoms with E-state index in [9.17, 15) is 25.2 Å². The fraction of sp³-hybridized carbons (Fsp3) is 0.381. The maximum Gasteiger partial charge on any atom is 0.201 e. The monoisotopic (exact) mass is 358 g/mol. The maximum atomic E-state index is 13.0. The third-order valence-electron chi connectivity index (χ3n) is 4.36. The molecule has 0 aliphatic heterocycles. The molecule has 2 aromatic rings. The lowest BCUT2D eigenvalue weighted by Crippen LogP contribution is -2.19. The van der Waals surface area contributed by atoms with E-state index in [1.54, 1.807) is 12.1 Å². The number of benzene rings is 2. The van der Waals surface area contributed by atoms with Crippen LogP contribution in [0.25, 0.3) is 0 Å². The van der Waals surface area contributed by atoms with Gasteiger partial charge in [0.05, 0.1) is 5.56 Å². The van der Waals surface area contributed by atoms with Gasteiger partial charge in [-0.25, -0.2) is 0 Å². The predicted molar refractivity (Wildman–Crippen MR) is 100 cm³/mol. The lowest BCUT2D eigenvalue weighted by atomic mass is 9.77. The van der Waals surface area contributed by atoms with Gasteiger partial charge in [-0.2, -0.15) is 0 Å². The highest BCUT2D eigenvalue weighted by Crippen LogP contribution is 2.42. The minimum absolute atomic E-state index is 0.120. The molecule has 0 bridgehead atoms. The average Bonchev–Trinajstić information content (AvgIpc) is 2.50. The second kappa shape index (κ2) is 6.24. The Morgan fingerprint density at radius 2 is 1.19 bits per heavy atom. The van der Waals surface area contributed by atoms with Crippen LogP contribution in [0.4, 0.5) is 0 Å². The van der Waals surface area contributed by atoms with Crippen LogP contribution in [0.1, 0.15) is 68.6 Å². The van der Waals surface area contributed by atoms with Crippen LogP contribution in [0.15, 0.2) is 24.3 Å². The summed E-state index contributed by atoms with van der Waals surface area (Å²) in [6.45, 7) is 11.6. The van der Waals surface area contributed by atoms with Gasteiger partial charge in [-0.3, -0.25) is 4.79 Å². The van der Waals surface area contributed by atoms with E-state index in [-0.39, 0.29) is 16.9 Å². The Bertz CT molecular complexity index is 832. The number of rotatable bonds is 2. The summed E-state index contributed by atoms with van der Waals surface area (Å²) >= 11 is 0. The van der Waals surface area contributed by atoms with Gasteiger partial charge in [0, 0.05) is 16.7 Å². The molecule has 4 N–H and O–H groups in total. The van der Waals surface area contributed by atoms with Crippen molar-refractivity contribution in [2.24, 2.45) is 0 Å². The van der Waals surface area contributed by atoms with Crippen molar-refractivity contribution in [3.05, 3.63) is 46.5 Å². The molecule has 0 radical (unpaired) electrons. The summed E-state index contributed by atoms with van der Waals surface area (Å²) in [5.74, 6) is -2.26. The summed E-state index contributed by atoms with van der Waals surface area (Å²) in [5.41, 5.74) is 0.606. The molecule has 0 aromatic heterocycles. The molecular formula is C21H26O5. The van der Waals surface area contributed by atoms with Crippen molar-refractivity contribution in [1.82, 2.24) is 0 Å². The molecule has 0 heterocycles. The quantitative estimate of drug-likeness (QED) is 0.473. The van der Waals surface area contributed by atoms with Gasteiger partial charge in [0.25, 0.3) is 0 Å². The Kier molecular flexibility index (Phi) is 4.71. The molecule has 5 nitrogen and oxygen atoms in total. The van der Waals surface area contributed by atoms with E-state index in [1.165, 1.54) is 6.07 Å². The molecule has 0 saturated heterocycles. The van der Waals surface area contributed by atoms with Gasteiger partial charge >= 0.3 is 0 Å². The normalized spacial score (nSPS) is 12.2. The fourth-order valence-electron chi connectivity index (χ4n) is 2.82. The second-order valence-corrected chi connectivity index (χ2v) is 8.58. The van der Waals surface area contributed by atoms with E-state index in [1.807, 2.05) is 41.5 Å². The van der Waals surface area contributed by atoms with Gasteiger partial charge in [-0.05, 0) is 35.1 Å². The molecule has 2 aromatic carbocycles. The van der Waals surface area contributed by atoms with Crippen LogP contribution >= 0.6 is 0 Å². The van der Waals surface area contributed by atoms with Gasteiger partial charge < -0.3 is 20.4 Å². The molecule has 0 unspecified atom stereocenters. The number of ketones is 1. The SMILES string of the molecule is CC(C)(C)c1cc(C(=O)c2ccc(O)c(O)c2O)cc(C(C)(C)C)c1O. The number of phenols is 4. The van der Waals surface area contributed by atoms with Gasteiger partial charge in [0.1, 0.15) is 5.75 Å². The Hall–Kier alpha value is -2.69. The molecule has 5 heteroatoms. The van der Waals surface area contributed by atoms with Crippen LogP contribution in [-0.4, -0.2) is 26.2 Å². The van der Waals surface area contributed by atoms with Crippen LogP contribution in [-0.2, 0) is 10.8 Å². The highest BCUT2D eigenvalue weighted by atomic mass is 16.3. The van der Waals surface area contributed by atoms with E-state index in [0.29, 0.717) is 11.1 Å². The summed E-state index contributed by atoms with van der Waals surface area (Å²) in [4.78, 5) is 13.0. The molecule has 0 aliphatic rings. The summed E-state index contributed by atoms with van der Waals surface area (Å²) in [6.07, 6.45) is 0. The van der Waals surface area contributed by atoms with Crippen molar-refractivity contribution in [2.45, 2.75) is 52.4 Å². The highest BCUT2D eigenvalue weighted by molar-refractivity contribution is 6.11. The molecule has 0 saturated carbocycles. The zero-order valence-electron chi connectivity index (χ0n) is 16.0. The molecule has 0 amide bonds. The van der Waals surface area contributed by atoms with E-state index >= 15 is 0 Å². The summed E-state index contributed by atoms with van der Waals surface area (Å²) in [6, 6.07) is 5.62. The number of hydrogen-bond acceptors (Lipinski definition) is 5. The Morgan fingerprint density at radius 3 is 1.62 bits per heavy atom. The third kappa shape index (κ3) is 3.47. The lowest BCUT2D eigenvalue weighted by Gasteiger charge is -2.28. The number of carbonyl (C=O) groups excluding carboxylic acids is 1. The van der Waals surface area contributed by atoms with E-state index in [4.69, 9.17) is 0 Å². The first-order valence-electron chi connectivity index (χ1n) is 8.41. The number of carbonyl (C=O) groups is 1. The minimum atomic E-state index is -0.735. The van der Waals surface area contributed by atoms with Crippen molar-refractivity contribution in [3.8, 4) is 23.0 Å². The molecule has 0 aliphatic carbocycles. The molecule has 0 atom stereocenters. The number of hydrogen-bond donors (Lipinski definition) is 4. The van der Waals surface area contributed by atoms with Crippen molar-refractivity contribution in [2.75, 3.05) is 0 Å². The molecule has 0 spiro atoms. The Labute approximate surface area is 153 Å². The maximum absolute atomic E-state index is 13.0. The van der Waals surface area contributed by atoms with Crippen LogP contribution in [0, 0.1) is 0 Å². The standard InChI is InChI=1S/C21H26O5/c1-20(2,3)13-9-11(10-14(18(13)25)21(4,5)6)16(23)12-7-8-15(22)19(26)17(12)24/h7-10,22,24-26H,1-6H3. The highest BCUT2D eigenvalue weighted by Gasteiger charge is 2.29. The van der Waals surface area contributed by atoms with Gasteiger partial charge in [-0.15, -0.1) is 0 Å². The zero-order chi connectivity index (χ0) is 20.0. The predicted octanol–water partition coefficient (Wildman–Crippen LogP) is 4.34. The first-order chi connectivity index (χ1) is 11.7. The van der Waals surface area contributed by atoms with E-state index in [2.05, 4.69) is 0 Å². The van der Waals surface area contributed by atoms with Crippen LogP contribution < -0.4 is 0 Å². The third-order valence-corrected chi connectivity index (χ3v) is 4.36. The Balaban J connectivity index is 2.74. The molecule has 0 fully saturated rings. The smallest absolute Gasteiger partial charge is 0.201 e. The molecule has 140 valence electrons. The topological polar surface area (TPSA) is 98.0 Å². The zero-order valence-corrected chi connectivity index (χ0v) is 16.0. The van der Waals surface area contributed by atoms with Crippen LogP contribution in [0.5, 0.6) is 23.0 Å². The van der Waals surface area contributed by atoms with Gasteiger partial charge in [0.2, 0.25) is 5.75 Å². The van der Waals surface area contributed by atoms with Gasteiger partial charge in [0.15, 0.2) is 17.3 Å². The minimum Gasteiger partial charge on any atom is -0.507 e. The molecule has 26 heavy (non-hydrogen) atoms. The van der Waals surface area contributed by atoms with Crippen molar-refractivity contribution in [1.29, 1.82) is 0 Å². The first kappa shape index (κ1) is 19.6. The Morgan fingerprint density at radius 1 is 0.731 bits per heavy atom. The van der Waals surface area contributed by atoms with Crippen LogP contribution in [0.3, 0.4) is 0 Å². The van der Waals surface area contributed by atoms with Gasteiger partial charge in [-0.1, -0.05) is 41.5 Å². The second-order valence-electron chi connectivity index (χ2n) is 8.58. The number of phenolic OH excluding ortho intramolecular Hbond substituents is 4. The molecule has 2 rings (SSSR count). The fourth-order valence-corrected chi connectivity index (χ4v) is 2.82. The lowest BCUT2D eigenvalue weighted by molar-refractivity contribution is 0.103. The molecular weight excluding hydrogens is 332 g/mol. The largest absolute Gasteiger partial charge is 0.507 e.